The fourth-order valence-corrected chi connectivity index (χ4v) is 1.28. The van der Waals surface area contributed by atoms with E-state index in [-0.39, 0.29) is 4.83 Å². The highest BCUT2D eigenvalue weighted by atomic mass is 79.9. The third kappa shape index (κ3) is 2.46. The number of alkyl halides is 1. The molecular weight excluding hydrogens is 244 g/mol. The van der Waals surface area contributed by atoms with Crippen LogP contribution in [0.15, 0.2) is 12.3 Å². The number of hydrogen-bond acceptors (Lipinski definition) is 3. The molecule has 0 spiro atoms. The van der Waals surface area contributed by atoms with Crippen LogP contribution in [0.4, 0.5) is 0 Å². The van der Waals surface area contributed by atoms with Gasteiger partial charge in [-0.2, -0.15) is 5.26 Å². The summed E-state index contributed by atoms with van der Waals surface area (Å²) in [5.74, 6) is 0.603. The van der Waals surface area contributed by atoms with Crippen LogP contribution in [0.2, 0.25) is 0 Å². The van der Waals surface area contributed by atoms with Crippen LogP contribution in [0.5, 0.6) is 5.75 Å². The van der Waals surface area contributed by atoms with Gasteiger partial charge in [0.25, 0.3) is 0 Å². The SMILES string of the molecule is CCOc1cc(C(C)Br)ncc1C#N. The van der Waals surface area contributed by atoms with E-state index in [4.69, 9.17) is 10.00 Å². The molecule has 1 rings (SSSR count). The molecule has 74 valence electrons. The summed E-state index contributed by atoms with van der Waals surface area (Å²) >= 11 is 3.41. The predicted molar refractivity (Wildman–Crippen MR) is 57.5 cm³/mol. The molecule has 0 fully saturated rings. The quantitative estimate of drug-likeness (QED) is 0.780. The fraction of sp³-hybridized carbons (Fsp3) is 0.400. The molecule has 14 heavy (non-hydrogen) atoms. The van der Waals surface area contributed by atoms with Crippen LogP contribution in [-0.4, -0.2) is 11.6 Å². The number of nitriles is 1. The molecule has 1 heterocycles. The number of pyridine rings is 1. The second-order valence-electron chi connectivity index (χ2n) is 2.77. The number of ether oxygens (including phenoxy) is 1. The monoisotopic (exact) mass is 254 g/mol. The summed E-state index contributed by atoms with van der Waals surface area (Å²) in [7, 11) is 0. The molecule has 1 unspecified atom stereocenters. The Hall–Kier alpha value is -1.08. The molecule has 1 aromatic heterocycles. The van der Waals surface area contributed by atoms with E-state index in [0.29, 0.717) is 17.9 Å². The maximum absolute atomic E-state index is 8.79. The Morgan fingerprint density at radius 1 is 1.71 bits per heavy atom. The summed E-state index contributed by atoms with van der Waals surface area (Å²) in [5, 5.41) is 8.79. The van der Waals surface area contributed by atoms with E-state index in [9.17, 15) is 0 Å². The molecule has 0 aliphatic rings. The summed E-state index contributed by atoms with van der Waals surface area (Å²) in [6.07, 6.45) is 1.54. The number of halogens is 1. The van der Waals surface area contributed by atoms with Gasteiger partial charge in [-0.3, -0.25) is 4.98 Å². The van der Waals surface area contributed by atoms with Crippen molar-refractivity contribution in [2.24, 2.45) is 0 Å². The molecule has 4 heteroatoms. The van der Waals surface area contributed by atoms with Gasteiger partial charge in [-0.25, -0.2) is 0 Å². The van der Waals surface area contributed by atoms with E-state index < -0.39 is 0 Å². The second-order valence-corrected chi connectivity index (χ2v) is 4.14. The topological polar surface area (TPSA) is 45.9 Å². The van der Waals surface area contributed by atoms with Crippen LogP contribution in [0.1, 0.15) is 29.9 Å². The highest BCUT2D eigenvalue weighted by molar-refractivity contribution is 9.09. The van der Waals surface area contributed by atoms with Gasteiger partial charge in [-0.1, -0.05) is 15.9 Å². The third-order valence-corrected chi connectivity index (χ3v) is 2.18. The lowest BCUT2D eigenvalue weighted by atomic mass is 10.2. The molecule has 0 aliphatic carbocycles. The van der Waals surface area contributed by atoms with Gasteiger partial charge >= 0.3 is 0 Å². The smallest absolute Gasteiger partial charge is 0.140 e. The molecule has 0 radical (unpaired) electrons. The van der Waals surface area contributed by atoms with Crippen molar-refractivity contribution in [1.29, 1.82) is 5.26 Å². The van der Waals surface area contributed by atoms with Crippen LogP contribution >= 0.6 is 15.9 Å². The van der Waals surface area contributed by atoms with E-state index in [0.717, 1.165) is 5.69 Å². The standard InChI is InChI=1S/C10H11BrN2O/c1-3-14-10-4-9(7(2)11)13-6-8(10)5-12/h4,6-7H,3H2,1-2H3. The van der Waals surface area contributed by atoms with Gasteiger partial charge < -0.3 is 4.74 Å². The summed E-state index contributed by atoms with van der Waals surface area (Å²) in [6.45, 7) is 4.41. The largest absolute Gasteiger partial charge is 0.492 e. The maximum atomic E-state index is 8.79. The van der Waals surface area contributed by atoms with Crippen molar-refractivity contribution in [1.82, 2.24) is 4.98 Å². The van der Waals surface area contributed by atoms with E-state index >= 15 is 0 Å². The first kappa shape index (κ1) is 11.0. The van der Waals surface area contributed by atoms with Gasteiger partial charge in [-0.15, -0.1) is 0 Å². The number of nitrogens with zero attached hydrogens (tertiary/aromatic N) is 2. The summed E-state index contributed by atoms with van der Waals surface area (Å²) in [5.41, 5.74) is 1.34. The molecule has 0 saturated heterocycles. The van der Waals surface area contributed by atoms with Gasteiger partial charge in [0.05, 0.1) is 17.1 Å². The van der Waals surface area contributed by atoms with E-state index in [1.807, 2.05) is 19.9 Å². The Morgan fingerprint density at radius 2 is 2.43 bits per heavy atom. The molecule has 0 saturated carbocycles. The lowest BCUT2D eigenvalue weighted by Gasteiger charge is -2.08. The van der Waals surface area contributed by atoms with Crippen molar-refractivity contribution < 1.29 is 4.74 Å². The number of hydrogen-bond donors (Lipinski definition) is 0. The van der Waals surface area contributed by atoms with E-state index in [2.05, 4.69) is 20.9 Å². The zero-order valence-corrected chi connectivity index (χ0v) is 9.71. The van der Waals surface area contributed by atoms with Crippen molar-refractivity contribution in [2.75, 3.05) is 6.61 Å². The zero-order valence-electron chi connectivity index (χ0n) is 8.12. The van der Waals surface area contributed by atoms with E-state index in [1.165, 1.54) is 6.20 Å². The Bertz CT molecular complexity index is 358. The summed E-state index contributed by atoms with van der Waals surface area (Å²) in [4.78, 5) is 4.30. The average molecular weight is 255 g/mol. The van der Waals surface area contributed by atoms with Gasteiger partial charge in [0.2, 0.25) is 0 Å². The number of rotatable bonds is 3. The van der Waals surface area contributed by atoms with Crippen molar-refractivity contribution >= 4 is 15.9 Å². The first-order chi connectivity index (χ1) is 6.69. The van der Waals surface area contributed by atoms with Gasteiger partial charge in [0.1, 0.15) is 17.4 Å². The molecule has 0 amide bonds. The zero-order chi connectivity index (χ0) is 10.6. The Morgan fingerprint density at radius 3 is 2.93 bits per heavy atom. The van der Waals surface area contributed by atoms with Gasteiger partial charge in [0, 0.05) is 12.3 Å². The highest BCUT2D eigenvalue weighted by Crippen LogP contribution is 2.25. The Labute approximate surface area is 91.8 Å². The maximum Gasteiger partial charge on any atom is 0.140 e. The van der Waals surface area contributed by atoms with Gasteiger partial charge in [-0.05, 0) is 13.8 Å². The Balaban J connectivity index is 3.09. The first-order valence-electron chi connectivity index (χ1n) is 4.36. The molecule has 1 aromatic rings. The fourth-order valence-electron chi connectivity index (χ4n) is 1.03. The van der Waals surface area contributed by atoms with Gasteiger partial charge in [0.15, 0.2) is 0 Å². The summed E-state index contributed by atoms with van der Waals surface area (Å²) < 4.78 is 5.34. The predicted octanol–water partition coefficient (Wildman–Crippen LogP) is 2.81. The lowest BCUT2D eigenvalue weighted by molar-refractivity contribution is 0.338. The summed E-state index contributed by atoms with van der Waals surface area (Å²) in [6, 6.07) is 3.84. The van der Waals surface area contributed by atoms with Crippen LogP contribution in [0, 0.1) is 11.3 Å². The van der Waals surface area contributed by atoms with Crippen LogP contribution in [0.3, 0.4) is 0 Å². The second kappa shape index (κ2) is 4.97. The molecule has 3 nitrogen and oxygen atoms in total. The molecule has 0 bridgehead atoms. The van der Waals surface area contributed by atoms with Crippen LogP contribution in [0.25, 0.3) is 0 Å². The minimum absolute atomic E-state index is 0.162. The average Bonchev–Trinajstić information content (AvgIpc) is 2.18. The molecular formula is C10H11BrN2O. The number of aromatic nitrogens is 1. The van der Waals surface area contributed by atoms with Crippen molar-refractivity contribution in [2.45, 2.75) is 18.7 Å². The third-order valence-electron chi connectivity index (χ3n) is 1.72. The molecule has 0 aliphatic heterocycles. The molecule has 0 aromatic carbocycles. The van der Waals surface area contributed by atoms with E-state index in [1.54, 1.807) is 6.07 Å². The van der Waals surface area contributed by atoms with Crippen molar-refractivity contribution in [3.05, 3.63) is 23.5 Å². The molecule has 1 atom stereocenters. The minimum atomic E-state index is 0.162. The Kier molecular flexibility index (Phi) is 3.90. The first-order valence-corrected chi connectivity index (χ1v) is 5.27. The van der Waals surface area contributed by atoms with Crippen LogP contribution in [-0.2, 0) is 0 Å². The highest BCUT2D eigenvalue weighted by Gasteiger charge is 2.08. The minimum Gasteiger partial charge on any atom is -0.492 e. The van der Waals surface area contributed by atoms with Crippen molar-refractivity contribution in [3.63, 3.8) is 0 Å². The normalized spacial score (nSPS) is 11.9. The van der Waals surface area contributed by atoms with Crippen LogP contribution < -0.4 is 4.74 Å². The molecule has 0 N–H and O–H groups in total. The lowest BCUT2D eigenvalue weighted by Crippen LogP contribution is -1.98. The van der Waals surface area contributed by atoms with Crippen molar-refractivity contribution in [3.8, 4) is 11.8 Å².